The Kier molecular flexibility index (Phi) is 9.62. The van der Waals surface area contributed by atoms with E-state index in [9.17, 15) is 30.0 Å². The Morgan fingerprint density at radius 2 is 1.00 bits per heavy atom. The van der Waals surface area contributed by atoms with E-state index in [1.807, 2.05) is 27.7 Å². The minimum Gasteiger partial charge on any atom is -0.388 e. The van der Waals surface area contributed by atoms with Crippen molar-refractivity contribution in [2.45, 2.75) is 101 Å². The second-order valence-electron chi connectivity index (χ2n) is 8.90. The monoisotopic (exact) mass is 447 g/mol. The standard InChI is InChI=1S/C20H37N3O8/c1-9(2)22-15(24)5-11-17(26)19(28)13(30-11)7-21-8-14-20(29)18(27)12(31-14)6-16(25)23-10(3)4/h9-14,17-21,26-29H,5-8H2,1-4H3,(H,22,24)(H,23,25)/t11-,12-,13+,14+,17-,18-,19+,20+/m0/s1. The highest BCUT2D eigenvalue weighted by Gasteiger charge is 2.45. The lowest BCUT2D eigenvalue weighted by Crippen LogP contribution is -2.43. The third-order valence-electron chi connectivity index (χ3n) is 5.29. The molecule has 2 amide bonds. The molecule has 0 aromatic carbocycles. The van der Waals surface area contributed by atoms with Gasteiger partial charge in [-0.25, -0.2) is 0 Å². The Bertz CT molecular complexity index is 555. The molecule has 11 heteroatoms. The molecule has 0 aliphatic carbocycles. The van der Waals surface area contributed by atoms with Crippen molar-refractivity contribution in [2.24, 2.45) is 0 Å². The molecule has 0 saturated carbocycles. The van der Waals surface area contributed by atoms with Crippen molar-refractivity contribution in [3.63, 3.8) is 0 Å². The molecule has 11 nitrogen and oxygen atoms in total. The minimum atomic E-state index is -1.19. The van der Waals surface area contributed by atoms with E-state index in [4.69, 9.17) is 9.47 Å². The van der Waals surface area contributed by atoms with E-state index in [1.165, 1.54) is 0 Å². The van der Waals surface area contributed by atoms with E-state index in [2.05, 4.69) is 16.0 Å². The molecule has 0 bridgehead atoms. The number of hydrogen-bond donors (Lipinski definition) is 7. The summed E-state index contributed by atoms with van der Waals surface area (Å²) in [5.74, 6) is -0.548. The van der Waals surface area contributed by atoms with Crippen molar-refractivity contribution in [3.05, 3.63) is 0 Å². The summed E-state index contributed by atoms with van der Waals surface area (Å²) in [6.45, 7) is 7.57. The molecule has 31 heavy (non-hydrogen) atoms. The first-order valence-electron chi connectivity index (χ1n) is 10.8. The zero-order chi connectivity index (χ0) is 23.3. The SMILES string of the molecule is CC(C)NC(=O)C[C@@H]1O[C@H](CNC[C@H]2O[C@@H](CC(=O)NC(C)C)[C@H](O)[C@@H]2O)[C@@H](O)[C@H]1O. The number of carbonyl (C=O) groups excluding carboxylic acids is 2. The van der Waals surface area contributed by atoms with Gasteiger partial charge in [0.25, 0.3) is 0 Å². The van der Waals surface area contributed by atoms with Crippen LogP contribution in [-0.4, -0.2) is 106 Å². The van der Waals surface area contributed by atoms with E-state index < -0.39 is 48.8 Å². The number of ether oxygens (including phenoxy) is 2. The predicted octanol–water partition coefficient (Wildman–Crippen LogP) is -2.62. The molecule has 0 spiro atoms. The number of nitrogens with one attached hydrogen (secondary N) is 3. The number of aliphatic hydroxyl groups excluding tert-OH is 4. The summed E-state index contributed by atoms with van der Waals surface area (Å²) in [4.78, 5) is 23.8. The molecule has 0 aromatic heterocycles. The summed E-state index contributed by atoms with van der Waals surface area (Å²) >= 11 is 0. The maximum Gasteiger partial charge on any atom is 0.222 e. The number of rotatable bonds is 10. The lowest BCUT2D eigenvalue weighted by Gasteiger charge is -2.19. The first-order chi connectivity index (χ1) is 14.5. The zero-order valence-electron chi connectivity index (χ0n) is 18.5. The summed E-state index contributed by atoms with van der Waals surface area (Å²) in [6.07, 6.45) is -7.99. The zero-order valence-corrected chi connectivity index (χ0v) is 18.5. The van der Waals surface area contributed by atoms with E-state index in [-0.39, 0.29) is 49.8 Å². The predicted molar refractivity (Wildman–Crippen MR) is 110 cm³/mol. The smallest absolute Gasteiger partial charge is 0.222 e. The van der Waals surface area contributed by atoms with Crippen LogP contribution in [0.4, 0.5) is 0 Å². The fraction of sp³-hybridized carbons (Fsp3) is 0.900. The van der Waals surface area contributed by atoms with Crippen LogP contribution in [0.3, 0.4) is 0 Å². The van der Waals surface area contributed by atoms with E-state index >= 15 is 0 Å². The van der Waals surface area contributed by atoms with Crippen LogP contribution in [-0.2, 0) is 19.1 Å². The van der Waals surface area contributed by atoms with Gasteiger partial charge in [0.15, 0.2) is 0 Å². The summed E-state index contributed by atoms with van der Waals surface area (Å²) in [5.41, 5.74) is 0. The molecule has 2 aliphatic rings. The molecule has 2 aliphatic heterocycles. The van der Waals surface area contributed by atoms with Gasteiger partial charge in [-0.15, -0.1) is 0 Å². The first kappa shape index (κ1) is 25.9. The van der Waals surface area contributed by atoms with Gasteiger partial charge in [-0.3, -0.25) is 9.59 Å². The van der Waals surface area contributed by atoms with Crippen molar-refractivity contribution < 1.29 is 39.5 Å². The van der Waals surface area contributed by atoms with Gasteiger partial charge in [0.2, 0.25) is 11.8 Å². The molecular weight excluding hydrogens is 410 g/mol. The van der Waals surface area contributed by atoms with Gasteiger partial charge in [-0.1, -0.05) is 0 Å². The van der Waals surface area contributed by atoms with Crippen LogP contribution in [0.2, 0.25) is 0 Å². The molecule has 0 unspecified atom stereocenters. The molecule has 2 heterocycles. The second-order valence-corrected chi connectivity index (χ2v) is 8.90. The normalized spacial score (nSPS) is 35.7. The van der Waals surface area contributed by atoms with E-state index in [1.54, 1.807) is 0 Å². The Hall–Kier alpha value is -1.34. The van der Waals surface area contributed by atoms with E-state index in [0.717, 1.165) is 0 Å². The summed E-state index contributed by atoms with van der Waals surface area (Å²) in [7, 11) is 0. The Morgan fingerprint density at radius 1 is 0.677 bits per heavy atom. The van der Waals surface area contributed by atoms with Gasteiger partial charge in [-0.05, 0) is 27.7 Å². The maximum absolute atomic E-state index is 11.9. The van der Waals surface area contributed by atoms with Crippen molar-refractivity contribution in [3.8, 4) is 0 Å². The molecule has 2 saturated heterocycles. The summed E-state index contributed by atoms with van der Waals surface area (Å²) in [5, 5.41) is 49.2. The largest absolute Gasteiger partial charge is 0.388 e. The van der Waals surface area contributed by atoms with Gasteiger partial charge < -0.3 is 45.9 Å². The van der Waals surface area contributed by atoms with Crippen LogP contribution in [0.5, 0.6) is 0 Å². The highest BCUT2D eigenvalue weighted by atomic mass is 16.6. The van der Waals surface area contributed by atoms with Gasteiger partial charge in [0.05, 0.1) is 37.3 Å². The Balaban J connectivity index is 1.78. The van der Waals surface area contributed by atoms with Crippen molar-refractivity contribution in [2.75, 3.05) is 13.1 Å². The number of aliphatic hydroxyl groups is 4. The fourth-order valence-electron chi connectivity index (χ4n) is 3.82. The lowest BCUT2D eigenvalue weighted by atomic mass is 10.0. The molecular formula is C20H37N3O8. The molecule has 8 atom stereocenters. The van der Waals surface area contributed by atoms with Crippen molar-refractivity contribution in [1.82, 2.24) is 16.0 Å². The summed E-state index contributed by atoms with van der Waals surface area (Å²) in [6, 6.07) is -0.0798. The molecule has 2 rings (SSSR count). The number of carbonyl (C=O) groups is 2. The van der Waals surface area contributed by atoms with Crippen LogP contribution < -0.4 is 16.0 Å². The topological polar surface area (TPSA) is 170 Å². The Morgan fingerprint density at radius 3 is 1.32 bits per heavy atom. The van der Waals surface area contributed by atoms with Crippen molar-refractivity contribution in [1.29, 1.82) is 0 Å². The molecule has 2 fully saturated rings. The highest BCUT2D eigenvalue weighted by molar-refractivity contribution is 5.77. The maximum atomic E-state index is 11.9. The van der Waals surface area contributed by atoms with E-state index in [0.29, 0.717) is 0 Å². The average Bonchev–Trinajstić information content (AvgIpc) is 3.06. The van der Waals surface area contributed by atoms with Crippen LogP contribution >= 0.6 is 0 Å². The average molecular weight is 448 g/mol. The third-order valence-corrected chi connectivity index (χ3v) is 5.29. The van der Waals surface area contributed by atoms with Crippen LogP contribution in [0.15, 0.2) is 0 Å². The van der Waals surface area contributed by atoms with Gasteiger partial charge >= 0.3 is 0 Å². The highest BCUT2D eigenvalue weighted by Crippen LogP contribution is 2.25. The van der Waals surface area contributed by atoms with Gasteiger partial charge in [0, 0.05) is 25.2 Å². The van der Waals surface area contributed by atoms with Crippen LogP contribution in [0.25, 0.3) is 0 Å². The van der Waals surface area contributed by atoms with Gasteiger partial charge in [-0.2, -0.15) is 0 Å². The Labute approximate surface area is 182 Å². The number of hydrogen-bond acceptors (Lipinski definition) is 9. The molecule has 7 N–H and O–H groups in total. The summed E-state index contributed by atoms with van der Waals surface area (Å²) < 4.78 is 11.3. The quantitative estimate of drug-likeness (QED) is 0.190. The van der Waals surface area contributed by atoms with Gasteiger partial charge in [0.1, 0.15) is 24.4 Å². The molecule has 0 aromatic rings. The minimum absolute atomic E-state index is 0.0399. The molecule has 180 valence electrons. The lowest BCUT2D eigenvalue weighted by molar-refractivity contribution is -0.126. The molecule has 0 radical (unpaired) electrons. The third kappa shape index (κ3) is 7.35. The van der Waals surface area contributed by atoms with Crippen molar-refractivity contribution >= 4 is 11.8 Å². The first-order valence-corrected chi connectivity index (χ1v) is 10.8. The number of amides is 2. The fourth-order valence-corrected chi connectivity index (χ4v) is 3.82. The second kappa shape index (κ2) is 11.5. The van der Waals surface area contributed by atoms with Crippen LogP contribution in [0.1, 0.15) is 40.5 Å². The van der Waals surface area contributed by atoms with Crippen LogP contribution in [0, 0.1) is 0 Å².